The van der Waals surface area contributed by atoms with Crippen molar-refractivity contribution >= 4 is 26.5 Å². The summed E-state index contributed by atoms with van der Waals surface area (Å²) in [6.07, 6.45) is 5.34. The first-order valence-corrected chi connectivity index (χ1v) is 8.98. The summed E-state index contributed by atoms with van der Waals surface area (Å²) in [5.41, 5.74) is 1.52. The van der Waals surface area contributed by atoms with E-state index in [9.17, 15) is 0 Å². The van der Waals surface area contributed by atoms with E-state index in [2.05, 4.69) is 29.0 Å². The van der Waals surface area contributed by atoms with Gasteiger partial charge in [0.1, 0.15) is 0 Å². The predicted octanol–water partition coefficient (Wildman–Crippen LogP) is 2.56. The molecule has 2 heterocycles. The zero-order valence-corrected chi connectivity index (χ0v) is 14.5. The second-order valence-corrected chi connectivity index (χ2v) is 7.65. The fourth-order valence-electron chi connectivity index (χ4n) is 2.29. The fraction of sp³-hybridized carbons (Fsp3) is 0.333. The van der Waals surface area contributed by atoms with Crippen LogP contribution < -0.4 is 9.47 Å². The van der Waals surface area contributed by atoms with E-state index < -0.39 is 0 Å². The molecule has 1 aromatic heterocycles. The molecule has 108 valence electrons. The third-order valence-corrected chi connectivity index (χ3v) is 6.34. The minimum absolute atomic E-state index is 0.0145. The Morgan fingerprint density at radius 1 is 1.48 bits per heavy atom. The molecular weight excluding hydrogens is 351 g/mol. The SMILES string of the molecule is C#CCSc1cc2c(cc1OC)-c1nn[se]c1C(C)(C)O2. The van der Waals surface area contributed by atoms with E-state index >= 15 is 0 Å². The van der Waals surface area contributed by atoms with Crippen molar-refractivity contribution in [2.45, 2.75) is 24.3 Å². The minimum atomic E-state index is -0.367. The molecule has 0 amide bonds. The summed E-state index contributed by atoms with van der Waals surface area (Å²) < 4.78 is 17.0. The van der Waals surface area contributed by atoms with Gasteiger partial charge in [-0.25, -0.2) is 0 Å². The number of terminal acetylenes is 1. The van der Waals surface area contributed by atoms with E-state index in [-0.39, 0.29) is 20.3 Å². The maximum absolute atomic E-state index is 6.17. The number of rotatable bonds is 3. The molecule has 4 nitrogen and oxygen atoms in total. The van der Waals surface area contributed by atoms with Crippen LogP contribution in [0.3, 0.4) is 0 Å². The first-order chi connectivity index (χ1) is 10.1. The quantitative estimate of drug-likeness (QED) is 0.475. The number of hydrogen-bond donors (Lipinski definition) is 0. The van der Waals surface area contributed by atoms with Gasteiger partial charge in [0, 0.05) is 0 Å². The molecule has 0 spiro atoms. The summed E-state index contributed by atoms with van der Waals surface area (Å²) in [6.45, 7) is 4.11. The Morgan fingerprint density at radius 3 is 3.00 bits per heavy atom. The number of aromatic nitrogens is 2. The van der Waals surface area contributed by atoms with Gasteiger partial charge >= 0.3 is 134 Å². The molecule has 0 atom stereocenters. The van der Waals surface area contributed by atoms with Gasteiger partial charge in [0.2, 0.25) is 0 Å². The van der Waals surface area contributed by atoms with E-state index in [4.69, 9.17) is 15.9 Å². The molecule has 0 unspecified atom stereocenters. The van der Waals surface area contributed by atoms with Crippen LogP contribution in [0, 0.1) is 12.3 Å². The van der Waals surface area contributed by atoms with Crippen molar-refractivity contribution in [1.82, 2.24) is 9.19 Å². The second kappa shape index (κ2) is 5.42. The third kappa shape index (κ3) is 2.46. The average Bonchev–Trinajstić information content (AvgIpc) is 2.94. The van der Waals surface area contributed by atoms with Crippen molar-refractivity contribution < 1.29 is 9.47 Å². The summed E-state index contributed by atoms with van der Waals surface area (Å²) in [5.74, 6) is 4.83. The van der Waals surface area contributed by atoms with Crippen molar-refractivity contribution in [3.05, 3.63) is 16.6 Å². The maximum atomic E-state index is 6.17. The van der Waals surface area contributed by atoms with Crippen LogP contribution in [0.5, 0.6) is 11.5 Å². The monoisotopic (exact) mass is 366 g/mol. The van der Waals surface area contributed by atoms with Crippen LogP contribution in [-0.4, -0.2) is 36.8 Å². The van der Waals surface area contributed by atoms with Gasteiger partial charge in [-0.15, -0.1) is 0 Å². The van der Waals surface area contributed by atoms with Crippen molar-refractivity contribution in [2.24, 2.45) is 0 Å². The summed E-state index contributed by atoms with van der Waals surface area (Å²) in [4.78, 5) is 0.981. The molecule has 0 radical (unpaired) electrons. The van der Waals surface area contributed by atoms with Crippen LogP contribution in [-0.2, 0) is 5.60 Å². The van der Waals surface area contributed by atoms with Gasteiger partial charge in [0.25, 0.3) is 0 Å². The summed E-state index contributed by atoms with van der Waals surface area (Å²) in [7, 11) is 1.66. The van der Waals surface area contributed by atoms with Crippen LogP contribution >= 0.6 is 11.8 Å². The van der Waals surface area contributed by atoms with E-state index in [1.807, 2.05) is 12.1 Å². The Kier molecular flexibility index (Phi) is 3.75. The number of methoxy groups -OCH3 is 1. The molecule has 0 fully saturated rings. The number of hydrogen-bond acceptors (Lipinski definition) is 5. The predicted molar refractivity (Wildman–Crippen MR) is 84.2 cm³/mol. The van der Waals surface area contributed by atoms with E-state index in [0.717, 1.165) is 27.7 Å². The molecule has 0 N–H and O–H groups in total. The molecule has 6 heteroatoms. The molecule has 1 aliphatic heterocycles. The first-order valence-electron chi connectivity index (χ1n) is 6.37. The average molecular weight is 365 g/mol. The molecular formula is C15H14N2O2SSe. The standard InChI is InChI=1S/C15H14N2O2SSe/c1-5-6-20-12-8-10-9(7-11(12)18-4)13-14(21-17-16-13)15(2,3)19-10/h1,7-8H,6H2,2-4H3. The van der Waals surface area contributed by atoms with Gasteiger partial charge in [-0.2, -0.15) is 0 Å². The summed E-state index contributed by atoms with van der Waals surface area (Å²) >= 11 is 1.58. The van der Waals surface area contributed by atoms with Crippen molar-refractivity contribution in [3.8, 4) is 35.1 Å². The zero-order valence-electron chi connectivity index (χ0n) is 12.0. The number of benzene rings is 1. The normalized spacial score (nSPS) is 14.6. The summed E-state index contributed by atoms with van der Waals surface area (Å²) in [6, 6.07) is 3.96. The fourth-order valence-corrected chi connectivity index (χ4v) is 4.47. The van der Waals surface area contributed by atoms with Gasteiger partial charge in [0.15, 0.2) is 0 Å². The molecule has 21 heavy (non-hydrogen) atoms. The van der Waals surface area contributed by atoms with E-state index in [1.54, 1.807) is 18.9 Å². The Labute approximate surface area is 134 Å². The molecule has 3 rings (SSSR count). The zero-order chi connectivity index (χ0) is 15.0. The van der Waals surface area contributed by atoms with Gasteiger partial charge in [-0.1, -0.05) is 0 Å². The topological polar surface area (TPSA) is 44.2 Å². The Balaban J connectivity index is 2.15. The van der Waals surface area contributed by atoms with Crippen LogP contribution in [0.2, 0.25) is 0 Å². The van der Waals surface area contributed by atoms with Crippen LogP contribution in [0.25, 0.3) is 11.3 Å². The van der Waals surface area contributed by atoms with Crippen LogP contribution in [0.15, 0.2) is 17.0 Å². The second-order valence-electron chi connectivity index (χ2n) is 5.06. The number of thioether (sulfide) groups is 1. The van der Waals surface area contributed by atoms with Crippen molar-refractivity contribution in [3.63, 3.8) is 0 Å². The van der Waals surface area contributed by atoms with Crippen molar-refractivity contribution in [2.75, 3.05) is 12.9 Å². The van der Waals surface area contributed by atoms with E-state index in [1.165, 1.54) is 4.44 Å². The van der Waals surface area contributed by atoms with Crippen LogP contribution in [0.4, 0.5) is 0 Å². The molecule has 0 saturated carbocycles. The van der Waals surface area contributed by atoms with Gasteiger partial charge in [-0.05, 0) is 0 Å². The first kappa shape index (κ1) is 14.5. The molecule has 2 aromatic rings. The number of nitrogens with zero attached hydrogens (tertiary/aromatic N) is 2. The molecule has 1 aliphatic rings. The Bertz CT molecular complexity index is 734. The molecule has 0 aliphatic carbocycles. The third-order valence-electron chi connectivity index (χ3n) is 3.23. The summed E-state index contributed by atoms with van der Waals surface area (Å²) in [5, 5.41) is 4.32. The van der Waals surface area contributed by atoms with Crippen molar-refractivity contribution in [1.29, 1.82) is 0 Å². The molecule has 0 saturated heterocycles. The number of fused-ring (bicyclic) bond motifs is 3. The van der Waals surface area contributed by atoms with E-state index in [0.29, 0.717) is 5.75 Å². The van der Waals surface area contributed by atoms with Crippen LogP contribution in [0.1, 0.15) is 18.3 Å². The Hall–Kier alpha value is -1.41. The Morgan fingerprint density at radius 2 is 2.29 bits per heavy atom. The van der Waals surface area contributed by atoms with Gasteiger partial charge < -0.3 is 0 Å². The molecule has 0 bridgehead atoms. The molecule has 1 aromatic carbocycles. The number of ether oxygens (including phenoxy) is 2. The van der Waals surface area contributed by atoms with Gasteiger partial charge in [0.05, 0.1) is 0 Å². The van der Waals surface area contributed by atoms with Gasteiger partial charge in [-0.3, -0.25) is 0 Å².